The van der Waals surface area contributed by atoms with E-state index in [-0.39, 0.29) is 11.5 Å². The third-order valence-electron chi connectivity index (χ3n) is 2.71. The maximum atomic E-state index is 13.2. The summed E-state index contributed by atoms with van der Waals surface area (Å²) in [4.78, 5) is 18.0. The van der Waals surface area contributed by atoms with Crippen molar-refractivity contribution in [3.8, 4) is 0 Å². The van der Waals surface area contributed by atoms with Crippen LogP contribution < -0.4 is 10.6 Å². The van der Waals surface area contributed by atoms with Gasteiger partial charge in [-0.2, -0.15) is 0 Å². The Balaban J connectivity index is 2.63. The van der Waals surface area contributed by atoms with Crippen molar-refractivity contribution >= 4 is 11.7 Å². The van der Waals surface area contributed by atoms with Crippen LogP contribution >= 0.6 is 0 Å². The average molecular weight is 282 g/mol. The first-order valence-corrected chi connectivity index (χ1v) is 6.87. The van der Waals surface area contributed by atoms with Gasteiger partial charge < -0.3 is 15.5 Å². The second kappa shape index (κ2) is 8.47. The molecule has 5 nitrogen and oxygen atoms in total. The Morgan fingerprint density at radius 1 is 1.40 bits per heavy atom. The SMILES string of the molecule is CCCNc1ncc(F)cc1C(=O)NCCCN(C)C. The lowest BCUT2D eigenvalue weighted by molar-refractivity contribution is 0.0952. The zero-order chi connectivity index (χ0) is 15.0. The molecule has 0 aliphatic rings. The maximum absolute atomic E-state index is 13.2. The molecule has 1 heterocycles. The van der Waals surface area contributed by atoms with Crippen LogP contribution in [0.3, 0.4) is 0 Å². The van der Waals surface area contributed by atoms with E-state index < -0.39 is 5.82 Å². The molecule has 1 amide bonds. The molecule has 20 heavy (non-hydrogen) atoms. The summed E-state index contributed by atoms with van der Waals surface area (Å²) in [5.41, 5.74) is 0.253. The highest BCUT2D eigenvalue weighted by atomic mass is 19.1. The summed E-state index contributed by atoms with van der Waals surface area (Å²) in [5, 5.41) is 5.82. The van der Waals surface area contributed by atoms with Crippen molar-refractivity contribution in [2.45, 2.75) is 19.8 Å². The smallest absolute Gasteiger partial charge is 0.255 e. The molecule has 0 atom stereocenters. The largest absolute Gasteiger partial charge is 0.369 e. The number of halogens is 1. The molecule has 0 radical (unpaired) electrons. The molecule has 1 rings (SSSR count). The van der Waals surface area contributed by atoms with E-state index in [0.717, 1.165) is 25.6 Å². The van der Waals surface area contributed by atoms with Gasteiger partial charge in [0.2, 0.25) is 0 Å². The summed E-state index contributed by atoms with van der Waals surface area (Å²) in [6.45, 7) is 4.15. The maximum Gasteiger partial charge on any atom is 0.255 e. The molecule has 0 bridgehead atoms. The highest BCUT2D eigenvalue weighted by Gasteiger charge is 2.13. The van der Waals surface area contributed by atoms with Gasteiger partial charge in [0.05, 0.1) is 11.8 Å². The lowest BCUT2D eigenvalue weighted by atomic mass is 10.2. The van der Waals surface area contributed by atoms with Crippen molar-refractivity contribution in [1.82, 2.24) is 15.2 Å². The molecule has 0 aliphatic carbocycles. The molecule has 0 aliphatic heterocycles. The van der Waals surface area contributed by atoms with Crippen molar-refractivity contribution in [1.29, 1.82) is 0 Å². The number of rotatable bonds is 8. The van der Waals surface area contributed by atoms with Crippen molar-refractivity contribution in [2.24, 2.45) is 0 Å². The first kappa shape index (κ1) is 16.4. The van der Waals surface area contributed by atoms with Crippen molar-refractivity contribution in [3.05, 3.63) is 23.6 Å². The fourth-order valence-corrected chi connectivity index (χ4v) is 1.69. The molecule has 6 heteroatoms. The minimum Gasteiger partial charge on any atom is -0.369 e. The molecule has 0 fully saturated rings. The molecule has 0 saturated carbocycles. The Kier molecular flexibility index (Phi) is 6.93. The third kappa shape index (κ3) is 5.52. The second-order valence-corrected chi connectivity index (χ2v) is 4.89. The number of carbonyl (C=O) groups excluding carboxylic acids is 1. The molecule has 112 valence electrons. The Bertz CT molecular complexity index is 437. The molecule has 1 aromatic rings. The van der Waals surface area contributed by atoms with Crippen LogP contribution in [0.1, 0.15) is 30.1 Å². The van der Waals surface area contributed by atoms with Gasteiger partial charge in [0.25, 0.3) is 5.91 Å². The molecule has 1 aromatic heterocycles. The van der Waals surface area contributed by atoms with Gasteiger partial charge >= 0.3 is 0 Å². The van der Waals surface area contributed by atoms with E-state index in [1.54, 1.807) is 0 Å². The highest BCUT2D eigenvalue weighted by molar-refractivity contribution is 5.98. The number of anilines is 1. The van der Waals surface area contributed by atoms with Gasteiger partial charge in [-0.3, -0.25) is 4.79 Å². The van der Waals surface area contributed by atoms with E-state index in [4.69, 9.17) is 0 Å². The van der Waals surface area contributed by atoms with Gasteiger partial charge in [-0.15, -0.1) is 0 Å². The van der Waals surface area contributed by atoms with E-state index in [0.29, 0.717) is 18.9 Å². The quantitative estimate of drug-likeness (QED) is 0.713. The Labute approximate surface area is 119 Å². The standard InChI is InChI=1S/C14H23FN4O/c1-4-6-16-13-12(9-11(15)10-18-13)14(20)17-7-5-8-19(2)3/h9-10H,4-8H2,1-3H3,(H,16,18)(H,17,20). The van der Waals surface area contributed by atoms with E-state index in [1.807, 2.05) is 25.9 Å². The zero-order valence-corrected chi connectivity index (χ0v) is 12.4. The van der Waals surface area contributed by atoms with Gasteiger partial charge in [0, 0.05) is 13.1 Å². The monoisotopic (exact) mass is 282 g/mol. The number of nitrogens with zero attached hydrogens (tertiary/aromatic N) is 2. The van der Waals surface area contributed by atoms with Crippen LogP contribution in [0.5, 0.6) is 0 Å². The highest BCUT2D eigenvalue weighted by Crippen LogP contribution is 2.13. The van der Waals surface area contributed by atoms with Crippen LogP contribution in [-0.2, 0) is 0 Å². The molecular weight excluding hydrogens is 259 g/mol. The van der Waals surface area contributed by atoms with Crippen LogP contribution in [0, 0.1) is 5.82 Å². The number of amides is 1. The fourth-order valence-electron chi connectivity index (χ4n) is 1.69. The van der Waals surface area contributed by atoms with Crippen molar-refractivity contribution in [2.75, 3.05) is 39.0 Å². The predicted molar refractivity (Wildman–Crippen MR) is 78.5 cm³/mol. The van der Waals surface area contributed by atoms with Gasteiger partial charge in [-0.05, 0) is 39.5 Å². The Hall–Kier alpha value is -1.69. The van der Waals surface area contributed by atoms with E-state index in [1.165, 1.54) is 6.07 Å². The number of carbonyl (C=O) groups is 1. The van der Waals surface area contributed by atoms with Crippen LogP contribution in [0.2, 0.25) is 0 Å². The summed E-state index contributed by atoms with van der Waals surface area (Å²) < 4.78 is 13.2. The minimum absolute atomic E-state index is 0.253. The molecule has 0 aromatic carbocycles. The Morgan fingerprint density at radius 3 is 2.80 bits per heavy atom. The fraction of sp³-hybridized carbons (Fsp3) is 0.571. The molecular formula is C14H23FN4O. The number of hydrogen-bond donors (Lipinski definition) is 2. The average Bonchev–Trinajstić information content (AvgIpc) is 2.41. The molecule has 2 N–H and O–H groups in total. The van der Waals surface area contributed by atoms with Crippen molar-refractivity contribution in [3.63, 3.8) is 0 Å². The normalized spacial score (nSPS) is 10.7. The van der Waals surface area contributed by atoms with Crippen molar-refractivity contribution < 1.29 is 9.18 Å². The summed E-state index contributed by atoms with van der Waals surface area (Å²) in [6.07, 6.45) is 2.86. The lowest BCUT2D eigenvalue weighted by Gasteiger charge is -2.12. The van der Waals surface area contributed by atoms with Gasteiger partial charge in [-0.25, -0.2) is 9.37 Å². The van der Waals surface area contributed by atoms with Gasteiger partial charge in [-0.1, -0.05) is 6.92 Å². The van der Waals surface area contributed by atoms with E-state index in [9.17, 15) is 9.18 Å². The number of nitrogens with one attached hydrogen (secondary N) is 2. The molecule has 0 spiro atoms. The number of pyridine rings is 1. The van der Waals surface area contributed by atoms with E-state index in [2.05, 4.69) is 15.6 Å². The van der Waals surface area contributed by atoms with Crippen LogP contribution in [0.25, 0.3) is 0 Å². The van der Waals surface area contributed by atoms with Gasteiger partial charge in [0.15, 0.2) is 0 Å². The topological polar surface area (TPSA) is 57.3 Å². The Morgan fingerprint density at radius 2 is 2.15 bits per heavy atom. The zero-order valence-electron chi connectivity index (χ0n) is 12.4. The second-order valence-electron chi connectivity index (χ2n) is 4.89. The van der Waals surface area contributed by atoms with Crippen LogP contribution in [0.4, 0.5) is 10.2 Å². The van der Waals surface area contributed by atoms with E-state index >= 15 is 0 Å². The third-order valence-corrected chi connectivity index (χ3v) is 2.71. The van der Waals surface area contributed by atoms with Crippen LogP contribution in [0.15, 0.2) is 12.3 Å². The summed E-state index contributed by atoms with van der Waals surface area (Å²) in [6, 6.07) is 1.21. The predicted octanol–water partition coefficient (Wildman–Crippen LogP) is 1.72. The summed E-state index contributed by atoms with van der Waals surface area (Å²) in [5.74, 6) is -0.377. The molecule has 0 saturated heterocycles. The van der Waals surface area contributed by atoms with Gasteiger partial charge in [0.1, 0.15) is 11.6 Å². The number of hydrogen-bond acceptors (Lipinski definition) is 4. The number of aromatic nitrogens is 1. The summed E-state index contributed by atoms with van der Waals surface area (Å²) >= 11 is 0. The first-order valence-electron chi connectivity index (χ1n) is 6.87. The molecule has 0 unspecified atom stereocenters. The lowest BCUT2D eigenvalue weighted by Crippen LogP contribution is -2.28. The van der Waals surface area contributed by atoms with Crippen LogP contribution in [-0.4, -0.2) is 49.5 Å². The first-order chi connectivity index (χ1) is 9.54. The minimum atomic E-state index is -0.509. The summed E-state index contributed by atoms with van der Waals surface area (Å²) in [7, 11) is 3.95.